The van der Waals surface area contributed by atoms with Gasteiger partial charge in [0.15, 0.2) is 4.87 Å². The molecule has 1 rings (SSSR count). The van der Waals surface area contributed by atoms with E-state index in [9.17, 15) is 23.1 Å². The number of carbonyl (C=O) groups is 1. The summed E-state index contributed by atoms with van der Waals surface area (Å²) in [5.74, 6) is -3.42. The van der Waals surface area contributed by atoms with E-state index in [-0.39, 0.29) is 0 Å². The van der Waals surface area contributed by atoms with Crippen molar-refractivity contribution in [2.45, 2.75) is 24.9 Å². The van der Waals surface area contributed by atoms with Gasteiger partial charge >= 0.3 is 6.18 Å². The Labute approximate surface area is 77.7 Å². The van der Waals surface area contributed by atoms with E-state index in [0.717, 1.165) is 13.8 Å². The predicted molar refractivity (Wildman–Crippen MR) is 36.9 cm³/mol. The van der Waals surface area contributed by atoms with E-state index in [4.69, 9.17) is 11.6 Å². The van der Waals surface area contributed by atoms with Gasteiger partial charge in [-0.1, -0.05) is 13.8 Å². The van der Waals surface area contributed by atoms with Gasteiger partial charge in [0.1, 0.15) is 0 Å². The first-order valence-electron chi connectivity index (χ1n) is 3.53. The van der Waals surface area contributed by atoms with E-state index in [1.807, 2.05) is 0 Å². The zero-order valence-electron chi connectivity index (χ0n) is 6.91. The molecule has 0 heterocycles. The number of aliphatic carboxylic acids is 1. The standard InChI is InChI=1S/C7H8ClF3O2/c1-5(2)3(4(12)13)6(5,8)7(9,10)11/h3H,1-2H3,(H,12,13)/p-1. The van der Waals surface area contributed by atoms with Crippen LogP contribution in [-0.4, -0.2) is 17.0 Å². The highest BCUT2D eigenvalue weighted by atomic mass is 35.5. The molecule has 0 N–H and O–H groups in total. The maximum absolute atomic E-state index is 12.3. The minimum Gasteiger partial charge on any atom is -0.550 e. The van der Waals surface area contributed by atoms with Crippen molar-refractivity contribution < 1.29 is 23.1 Å². The van der Waals surface area contributed by atoms with Crippen molar-refractivity contribution in [3.63, 3.8) is 0 Å². The monoisotopic (exact) mass is 215 g/mol. The van der Waals surface area contributed by atoms with Gasteiger partial charge in [-0.3, -0.25) is 0 Å². The van der Waals surface area contributed by atoms with Crippen molar-refractivity contribution in [1.29, 1.82) is 0 Å². The molecule has 1 fully saturated rings. The molecule has 0 spiro atoms. The topological polar surface area (TPSA) is 40.1 Å². The highest BCUT2D eigenvalue weighted by Crippen LogP contribution is 2.72. The van der Waals surface area contributed by atoms with Gasteiger partial charge < -0.3 is 9.90 Å². The molecule has 0 aromatic carbocycles. The van der Waals surface area contributed by atoms with Crippen LogP contribution in [0.25, 0.3) is 0 Å². The number of halogens is 4. The summed E-state index contributed by atoms with van der Waals surface area (Å²) in [6.07, 6.45) is -4.72. The predicted octanol–water partition coefficient (Wildman–Crippen LogP) is 0.932. The Morgan fingerprint density at radius 2 is 1.85 bits per heavy atom. The highest BCUT2D eigenvalue weighted by Gasteiger charge is 2.83. The summed E-state index contributed by atoms with van der Waals surface area (Å²) < 4.78 is 36.9. The zero-order valence-corrected chi connectivity index (χ0v) is 7.66. The molecule has 0 bridgehead atoms. The average Bonchev–Trinajstić information content (AvgIpc) is 2.26. The number of rotatable bonds is 1. The summed E-state index contributed by atoms with van der Waals surface area (Å²) >= 11 is 5.23. The Bertz CT molecular complexity index is 261. The van der Waals surface area contributed by atoms with Gasteiger partial charge in [-0.25, -0.2) is 0 Å². The van der Waals surface area contributed by atoms with Crippen molar-refractivity contribution in [2.24, 2.45) is 11.3 Å². The molecule has 1 aliphatic rings. The Hall–Kier alpha value is -0.450. The lowest BCUT2D eigenvalue weighted by molar-refractivity contribution is -0.310. The van der Waals surface area contributed by atoms with Crippen LogP contribution >= 0.6 is 11.6 Å². The molecule has 0 amide bonds. The summed E-state index contributed by atoms with van der Waals surface area (Å²) in [6, 6.07) is 0. The van der Waals surface area contributed by atoms with Crippen LogP contribution in [0.5, 0.6) is 0 Å². The maximum Gasteiger partial charge on any atom is 0.408 e. The molecule has 0 aliphatic heterocycles. The lowest BCUT2D eigenvalue weighted by Gasteiger charge is -2.16. The molecule has 0 aromatic heterocycles. The number of hydrogen-bond donors (Lipinski definition) is 0. The van der Waals surface area contributed by atoms with Crippen LogP contribution in [0.2, 0.25) is 0 Å². The number of carbonyl (C=O) groups excluding carboxylic acids is 1. The zero-order chi connectivity index (χ0) is 10.7. The van der Waals surface area contributed by atoms with Crippen LogP contribution < -0.4 is 5.11 Å². The van der Waals surface area contributed by atoms with E-state index in [2.05, 4.69) is 0 Å². The van der Waals surface area contributed by atoms with E-state index in [1.54, 1.807) is 0 Å². The van der Waals surface area contributed by atoms with Gasteiger partial charge in [0.2, 0.25) is 0 Å². The van der Waals surface area contributed by atoms with Crippen molar-refractivity contribution in [3.8, 4) is 0 Å². The Morgan fingerprint density at radius 3 is 1.92 bits per heavy atom. The molecule has 6 heteroatoms. The van der Waals surface area contributed by atoms with E-state index >= 15 is 0 Å². The molecular weight excluding hydrogens is 209 g/mol. The third kappa shape index (κ3) is 1.06. The average molecular weight is 216 g/mol. The summed E-state index contributed by atoms with van der Waals surface area (Å²) in [6.45, 7) is 2.32. The quantitative estimate of drug-likeness (QED) is 0.611. The molecule has 0 saturated heterocycles. The number of alkyl halides is 4. The van der Waals surface area contributed by atoms with Gasteiger partial charge in [-0.05, 0) is 0 Å². The molecule has 2 nitrogen and oxygen atoms in total. The summed E-state index contributed by atoms with van der Waals surface area (Å²) in [7, 11) is 0. The van der Waals surface area contributed by atoms with Gasteiger partial charge in [0.25, 0.3) is 0 Å². The first kappa shape index (κ1) is 10.6. The first-order valence-corrected chi connectivity index (χ1v) is 3.91. The van der Waals surface area contributed by atoms with Crippen LogP contribution in [0.1, 0.15) is 13.8 Å². The third-order valence-electron chi connectivity index (χ3n) is 2.62. The molecule has 76 valence electrons. The smallest absolute Gasteiger partial charge is 0.408 e. The molecule has 2 unspecified atom stereocenters. The molecule has 2 atom stereocenters. The van der Waals surface area contributed by atoms with Gasteiger partial charge in [0.05, 0.1) is 0 Å². The fourth-order valence-corrected chi connectivity index (χ4v) is 2.11. The van der Waals surface area contributed by atoms with Crippen LogP contribution in [0.4, 0.5) is 13.2 Å². The number of carboxylic acid groups (broad SMARTS) is 1. The largest absolute Gasteiger partial charge is 0.550 e. The van der Waals surface area contributed by atoms with E-state index in [1.165, 1.54) is 0 Å². The third-order valence-corrected chi connectivity index (χ3v) is 3.54. The molecule has 13 heavy (non-hydrogen) atoms. The molecular formula is C7H7ClF3O2-. The lowest BCUT2D eigenvalue weighted by atomic mass is 10.1. The Kier molecular flexibility index (Phi) is 1.90. The van der Waals surface area contributed by atoms with Crippen molar-refractivity contribution in [1.82, 2.24) is 0 Å². The second-order valence-corrected chi connectivity index (χ2v) is 4.28. The van der Waals surface area contributed by atoms with Crippen molar-refractivity contribution in [2.75, 3.05) is 0 Å². The number of carboxylic acids is 1. The molecule has 0 radical (unpaired) electrons. The Balaban J connectivity index is 3.04. The maximum atomic E-state index is 12.3. The first-order chi connectivity index (χ1) is 5.57. The second kappa shape index (κ2) is 2.32. The summed E-state index contributed by atoms with van der Waals surface area (Å²) in [5, 5.41) is 10.3. The van der Waals surface area contributed by atoms with Crippen molar-refractivity contribution in [3.05, 3.63) is 0 Å². The van der Waals surface area contributed by atoms with Crippen LogP contribution in [0.3, 0.4) is 0 Å². The SMILES string of the molecule is CC1(C)C(C(=O)[O-])C1(Cl)C(F)(F)F. The van der Waals surface area contributed by atoms with Gasteiger partial charge in [0, 0.05) is 17.3 Å². The molecule has 0 aromatic rings. The fourth-order valence-electron chi connectivity index (χ4n) is 1.70. The van der Waals surface area contributed by atoms with Crippen LogP contribution in [0, 0.1) is 11.3 Å². The fraction of sp³-hybridized carbons (Fsp3) is 0.857. The van der Waals surface area contributed by atoms with Crippen molar-refractivity contribution >= 4 is 17.6 Å². The van der Waals surface area contributed by atoms with Gasteiger partial charge in [-0.15, -0.1) is 11.6 Å². The van der Waals surface area contributed by atoms with Crippen LogP contribution in [-0.2, 0) is 4.79 Å². The summed E-state index contributed by atoms with van der Waals surface area (Å²) in [4.78, 5) is 7.68. The van der Waals surface area contributed by atoms with E-state index in [0.29, 0.717) is 0 Å². The van der Waals surface area contributed by atoms with E-state index < -0.39 is 28.4 Å². The minimum atomic E-state index is -4.72. The van der Waals surface area contributed by atoms with Gasteiger partial charge in [-0.2, -0.15) is 13.2 Å². The molecule has 1 saturated carbocycles. The Morgan fingerprint density at radius 1 is 1.46 bits per heavy atom. The highest BCUT2D eigenvalue weighted by molar-refractivity contribution is 6.29. The molecule has 1 aliphatic carbocycles. The minimum absolute atomic E-state index is 1.16. The summed E-state index contributed by atoms with van der Waals surface area (Å²) in [5.41, 5.74) is -1.49. The second-order valence-electron chi connectivity index (χ2n) is 3.68. The number of hydrogen-bond acceptors (Lipinski definition) is 2. The van der Waals surface area contributed by atoms with Crippen LogP contribution in [0.15, 0.2) is 0 Å². The normalized spacial score (nSPS) is 37.2. The lowest BCUT2D eigenvalue weighted by Crippen LogP contribution is -2.35.